The molecule has 1 N–H and O–H groups in total. The third-order valence-electron chi connectivity index (χ3n) is 3.53. The minimum Gasteiger partial charge on any atom is -0.350 e. The maximum atomic E-state index is 13.5. The van der Waals surface area contributed by atoms with Crippen LogP contribution in [0, 0.1) is 5.82 Å². The molecule has 0 aliphatic carbocycles. The minimum atomic E-state index is -0.250. The average Bonchev–Trinajstić information content (AvgIpc) is 2.56. The molecule has 0 aliphatic heterocycles. The summed E-state index contributed by atoms with van der Waals surface area (Å²) in [6, 6.07) is 16.0. The molecule has 1 aromatic heterocycles. The topological polar surface area (TPSA) is 42.0 Å². The fourth-order valence-electron chi connectivity index (χ4n) is 2.40. The largest absolute Gasteiger partial charge is 0.350 e. The lowest BCUT2D eigenvalue weighted by Crippen LogP contribution is -2.26. The fourth-order valence-corrected chi connectivity index (χ4v) is 2.40. The lowest BCUT2D eigenvalue weighted by atomic mass is 10.1. The van der Waals surface area contributed by atoms with Crippen LogP contribution in [0.5, 0.6) is 0 Å². The summed E-state index contributed by atoms with van der Waals surface area (Å²) in [5.74, 6) is -0.492. The number of carbonyl (C=O) groups is 1. The fraction of sp³-hybridized carbons (Fsp3) is 0.111. The summed E-state index contributed by atoms with van der Waals surface area (Å²) in [4.78, 5) is 16.4. The van der Waals surface area contributed by atoms with Crippen molar-refractivity contribution in [3.05, 3.63) is 77.9 Å². The monoisotopic (exact) mass is 294 g/mol. The molecule has 0 bridgehead atoms. The van der Waals surface area contributed by atoms with Crippen LogP contribution >= 0.6 is 0 Å². The maximum absolute atomic E-state index is 13.5. The van der Waals surface area contributed by atoms with Crippen LogP contribution in [0.4, 0.5) is 4.39 Å². The average molecular weight is 294 g/mol. The van der Waals surface area contributed by atoms with Gasteiger partial charge in [-0.25, -0.2) is 4.39 Å². The molecule has 3 nitrogen and oxygen atoms in total. The molecule has 1 amide bonds. The Morgan fingerprint density at radius 2 is 1.82 bits per heavy atom. The Balaban J connectivity index is 1.70. The van der Waals surface area contributed by atoms with E-state index < -0.39 is 0 Å². The summed E-state index contributed by atoms with van der Waals surface area (Å²) in [6.07, 6.45) is 2.07. The maximum Gasteiger partial charge on any atom is 0.270 e. The van der Waals surface area contributed by atoms with Gasteiger partial charge in [0.15, 0.2) is 0 Å². The number of nitrogens with one attached hydrogen (secondary N) is 1. The molecule has 0 unspecified atom stereocenters. The van der Waals surface area contributed by atoms with E-state index in [1.165, 1.54) is 6.07 Å². The Hall–Kier alpha value is -2.75. The molecule has 4 heteroatoms. The third kappa shape index (κ3) is 2.96. The zero-order chi connectivity index (χ0) is 15.4. The van der Waals surface area contributed by atoms with Gasteiger partial charge >= 0.3 is 0 Å². The number of hydrogen-bond donors (Lipinski definition) is 1. The second kappa shape index (κ2) is 6.35. The van der Waals surface area contributed by atoms with E-state index in [0.717, 1.165) is 10.8 Å². The van der Waals surface area contributed by atoms with Crippen molar-refractivity contribution in [3.63, 3.8) is 0 Å². The van der Waals surface area contributed by atoms with Crippen LogP contribution < -0.4 is 5.32 Å². The van der Waals surface area contributed by atoms with Crippen LogP contribution in [0.2, 0.25) is 0 Å². The van der Waals surface area contributed by atoms with Gasteiger partial charge in [-0.3, -0.25) is 9.78 Å². The first-order valence-corrected chi connectivity index (χ1v) is 7.11. The molecule has 2 aromatic carbocycles. The summed E-state index contributed by atoms with van der Waals surface area (Å²) in [5.41, 5.74) is 0.986. The number of rotatable bonds is 4. The van der Waals surface area contributed by atoms with Crippen molar-refractivity contribution < 1.29 is 9.18 Å². The van der Waals surface area contributed by atoms with E-state index in [1.54, 1.807) is 24.4 Å². The molecule has 22 heavy (non-hydrogen) atoms. The summed E-state index contributed by atoms with van der Waals surface area (Å²) in [5, 5.41) is 4.58. The number of aromatic nitrogens is 1. The Morgan fingerprint density at radius 1 is 1.05 bits per heavy atom. The molecule has 3 rings (SSSR count). The summed E-state index contributed by atoms with van der Waals surface area (Å²) < 4.78 is 13.5. The Labute approximate surface area is 127 Å². The molecule has 0 spiro atoms. The van der Waals surface area contributed by atoms with Gasteiger partial charge in [0.1, 0.15) is 11.5 Å². The molecule has 0 radical (unpaired) electrons. The SMILES string of the molecule is O=C(NCCc1ccccc1F)c1nccc2ccccc12. The molecule has 0 aliphatic rings. The molecule has 0 saturated heterocycles. The lowest BCUT2D eigenvalue weighted by molar-refractivity contribution is 0.0951. The highest BCUT2D eigenvalue weighted by molar-refractivity contribution is 6.05. The number of fused-ring (bicyclic) bond motifs is 1. The van der Waals surface area contributed by atoms with Gasteiger partial charge in [0.05, 0.1) is 0 Å². The molecule has 3 aromatic rings. The van der Waals surface area contributed by atoms with E-state index >= 15 is 0 Å². The van der Waals surface area contributed by atoms with E-state index in [0.29, 0.717) is 24.2 Å². The number of halogens is 1. The highest BCUT2D eigenvalue weighted by Gasteiger charge is 2.11. The van der Waals surface area contributed by atoms with Crippen LogP contribution in [0.15, 0.2) is 60.8 Å². The third-order valence-corrected chi connectivity index (χ3v) is 3.53. The van der Waals surface area contributed by atoms with E-state index in [9.17, 15) is 9.18 Å². The van der Waals surface area contributed by atoms with Gasteiger partial charge in [0.25, 0.3) is 5.91 Å². The van der Waals surface area contributed by atoms with Gasteiger partial charge in [-0.15, -0.1) is 0 Å². The lowest BCUT2D eigenvalue weighted by Gasteiger charge is -2.07. The highest BCUT2D eigenvalue weighted by Crippen LogP contribution is 2.16. The molecule has 1 heterocycles. The number of benzene rings is 2. The van der Waals surface area contributed by atoms with E-state index in [2.05, 4.69) is 10.3 Å². The minimum absolute atomic E-state index is 0.242. The van der Waals surface area contributed by atoms with E-state index in [1.807, 2.05) is 30.3 Å². The van der Waals surface area contributed by atoms with Gasteiger partial charge in [-0.1, -0.05) is 42.5 Å². The first-order chi connectivity index (χ1) is 10.8. The van der Waals surface area contributed by atoms with Gasteiger partial charge in [-0.2, -0.15) is 0 Å². The van der Waals surface area contributed by atoms with Crippen molar-refractivity contribution in [2.75, 3.05) is 6.54 Å². The van der Waals surface area contributed by atoms with Crippen LogP contribution in [0.1, 0.15) is 16.1 Å². The molecular weight excluding hydrogens is 279 g/mol. The van der Waals surface area contributed by atoms with Crippen molar-refractivity contribution >= 4 is 16.7 Å². The normalized spacial score (nSPS) is 10.6. The van der Waals surface area contributed by atoms with Gasteiger partial charge < -0.3 is 5.32 Å². The van der Waals surface area contributed by atoms with Crippen molar-refractivity contribution in [1.29, 1.82) is 0 Å². The number of amides is 1. The Bertz CT molecular complexity index is 812. The number of carbonyl (C=O) groups excluding carboxylic acids is 1. The van der Waals surface area contributed by atoms with Crippen LogP contribution in [0.3, 0.4) is 0 Å². The summed E-state index contributed by atoms with van der Waals surface area (Å²) in [6.45, 7) is 0.366. The second-order valence-corrected chi connectivity index (χ2v) is 4.98. The van der Waals surface area contributed by atoms with E-state index in [-0.39, 0.29) is 11.7 Å². The summed E-state index contributed by atoms with van der Waals surface area (Å²) >= 11 is 0. The quantitative estimate of drug-likeness (QED) is 0.802. The first kappa shape index (κ1) is 14.2. The van der Waals surface area contributed by atoms with Crippen molar-refractivity contribution in [2.24, 2.45) is 0 Å². The van der Waals surface area contributed by atoms with Crippen LogP contribution in [-0.4, -0.2) is 17.4 Å². The van der Waals surface area contributed by atoms with Crippen molar-refractivity contribution in [3.8, 4) is 0 Å². The molecule has 0 fully saturated rings. The standard InChI is InChI=1S/C18H15FN2O/c19-16-8-4-2-6-14(16)10-12-21-18(22)17-15-7-3-1-5-13(15)9-11-20-17/h1-9,11H,10,12H2,(H,21,22). The second-order valence-electron chi connectivity index (χ2n) is 4.98. The van der Waals surface area contributed by atoms with Crippen LogP contribution in [-0.2, 0) is 6.42 Å². The molecule has 0 saturated carbocycles. The molecule has 0 atom stereocenters. The molecular formula is C18H15FN2O. The predicted octanol–water partition coefficient (Wildman–Crippen LogP) is 3.35. The number of pyridine rings is 1. The predicted molar refractivity (Wildman–Crippen MR) is 84.2 cm³/mol. The molecule has 110 valence electrons. The Morgan fingerprint density at radius 3 is 2.68 bits per heavy atom. The number of nitrogens with zero attached hydrogens (tertiary/aromatic N) is 1. The summed E-state index contributed by atoms with van der Waals surface area (Å²) in [7, 11) is 0. The van der Waals surface area contributed by atoms with Gasteiger partial charge in [0, 0.05) is 18.1 Å². The van der Waals surface area contributed by atoms with Crippen molar-refractivity contribution in [1.82, 2.24) is 10.3 Å². The van der Waals surface area contributed by atoms with Gasteiger partial charge in [0.2, 0.25) is 0 Å². The van der Waals surface area contributed by atoms with E-state index in [4.69, 9.17) is 0 Å². The van der Waals surface area contributed by atoms with Crippen molar-refractivity contribution in [2.45, 2.75) is 6.42 Å². The van der Waals surface area contributed by atoms with Gasteiger partial charge in [-0.05, 0) is 29.5 Å². The Kier molecular flexibility index (Phi) is 4.10. The number of hydrogen-bond acceptors (Lipinski definition) is 2. The zero-order valence-corrected chi connectivity index (χ0v) is 11.9. The highest BCUT2D eigenvalue weighted by atomic mass is 19.1. The smallest absolute Gasteiger partial charge is 0.270 e. The van der Waals surface area contributed by atoms with Crippen LogP contribution in [0.25, 0.3) is 10.8 Å². The zero-order valence-electron chi connectivity index (χ0n) is 11.9. The first-order valence-electron chi connectivity index (χ1n) is 7.11.